The van der Waals surface area contributed by atoms with Gasteiger partial charge < -0.3 is 12.6 Å². The smallest absolute Gasteiger partial charge is 0.778 e. The fourth-order valence-electron chi connectivity index (χ4n) is 1.94. The third-order valence-electron chi connectivity index (χ3n) is 2.91. The summed E-state index contributed by atoms with van der Waals surface area (Å²) in [6, 6.07) is 9.61. The molecule has 0 N–H and O–H groups in total. The molecule has 0 radical (unpaired) electrons. The van der Waals surface area contributed by atoms with Crippen LogP contribution in [0, 0.1) is 11.8 Å². The summed E-state index contributed by atoms with van der Waals surface area (Å²) in [5.41, 5.74) is 2.22. The van der Waals surface area contributed by atoms with E-state index < -0.39 is 0 Å². The summed E-state index contributed by atoms with van der Waals surface area (Å²) in [4.78, 5) is 4.69. The van der Waals surface area contributed by atoms with E-state index in [9.17, 15) is 0 Å². The van der Waals surface area contributed by atoms with E-state index >= 15 is 0 Å². The van der Waals surface area contributed by atoms with Crippen LogP contribution in [-0.2, 0) is 19.7 Å². The van der Waals surface area contributed by atoms with Crippen molar-refractivity contribution >= 4 is 35.1 Å². The molecule has 3 aromatic rings. The minimum absolute atomic E-state index is 0. The summed E-state index contributed by atoms with van der Waals surface area (Å²) in [6.45, 7) is 0. The Kier molecular flexibility index (Phi) is 5.26. The van der Waals surface area contributed by atoms with Crippen molar-refractivity contribution in [2.24, 2.45) is 7.05 Å². The van der Waals surface area contributed by atoms with Gasteiger partial charge in [-0.15, -0.1) is 0 Å². The number of halogens is 1. The minimum atomic E-state index is 0. The second-order valence-corrected chi connectivity index (χ2v) is 5.03. The van der Waals surface area contributed by atoms with Gasteiger partial charge in [-0.2, -0.15) is 9.99 Å². The van der Waals surface area contributed by atoms with E-state index in [0.717, 1.165) is 10.9 Å². The number of pyridine rings is 1. The summed E-state index contributed by atoms with van der Waals surface area (Å²) in [5.74, 6) is 5.96. The number of rotatable bonds is 0. The molecule has 1 aromatic carbocycles. The van der Waals surface area contributed by atoms with Crippen LogP contribution in [-0.4, -0.2) is 14.8 Å². The van der Waals surface area contributed by atoms with Crippen molar-refractivity contribution in [3.63, 3.8) is 0 Å². The van der Waals surface area contributed by atoms with Crippen molar-refractivity contribution < 1.29 is 29.6 Å². The van der Waals surface area contributed by atoms with Crippen molar-refractivity contribution in [2.75, 3.05) is 0 Å². The third-order valence-corrected chi connectivity index (χ3v) is 3.75. The van der Waals surface area contributed by atoms with E-state index in [1.165, 1.54) is 0 Å². The Morgan fingerprint density at radius 1 is 1.14 bits per heavy atom. The van der Waals surface area contributed by atoms with Crippen LogP contribution in [0.15, 0.2) is 41.4 Å². The van der Waals surface area contributed by atoms with E-state index in [0.29, 0.717) is 21.3 Å². The van der Waals surface area contributed by atoms with Crippen LogP contribution in [0.5, 0.6) is 0 Å². The third kappa shape index (κ3) is 3.23. The molecule has 3 nitrogen and oxygen atoms in total. The van der Waals surface area contributed by atoms with Gasteiger partial charge in [0, 0.05) is 18.6 Å². The Bertz CT molecular complexity index is 864. The predicted octanol–water partition coefficient (Wildman–Crippen LogP) is -0.0687. The van der Waals surface area contributed by atoms with Crippen LogP contribution >= 0.6 is 11.6 Å². The Labute approximate surface area is 155 Å². The van der Waals surface area contributed by atoms with Gasteiger partial charge in [0.1, 0.15) is 11.4 Å². The van der Waals surface area contributed by atoms with E-state index in [1.807, 2.05) is 31.3 Å². The molecule has 21 heavy (non-hydrogen) atoms. The molecule has 2 aromatic heterocycles. The molecule has 6 heteroatoms. The molecule has 0 saturated heterocycles. The normalized spacial score (nSPS) is 9.81. The molecule has 3 rings (SSSR count). The first-order valence-electron chi connectivity index (χ1n) is 5.92. The van der Waals surface area contributed by atoms with E-state index in [-0.39, 0.29) is 29.6 Å². The molecule has 0 fully saturated rings. The SMILES string of the molecule is Cn1nc(C#Cc2nccc([S-])c2Cl)c2ccccc21.[Na+]. The molecule has 0 saturated carbocycles. The summed E-state index contributed by atoms with van der Waals surface area (Å²) < 4.78 is 1.80. The Hall–Kier alpha value is -1.09. The Morgan fingerprint density at radius 3 is 2.67 bits per heavy atom. The van der Waals surface area contributed by atoms with Gasteiger partial charge >= 0.3 is 29.6 Å². The predicted molar refractivity (Wildman–Crippen MR) is 81.6 cm³/mol. The number of hydrogen-bond donors (Lipinski definition) is 0. The summed E-state index contributed by atoms with van der Waals surface area (Å²) in [6.07, 6.45) is 1.61. The average molecular weight is 322 g/mol. The average Bonchev–Trinajstić information content (AvgIpc) is 2.78. The number of nitrogens with zero attached hydrogens (tertiary/aromatic N) is 3. The molecule has 0 bridgehead atoms. The standard InChI is InChI=1S/C15H10ClN3S.Na/c1-19-13-5-3-2-4-10(13)11(18-19)6-7-12-15(16)14(20)8-9-17-12;/h2-5,8-9H,1H3,(H,17,20);/q;+1/p-1. The van der Waals surface area contributed by atoms with Gasteiger partial charge in [-0.3, -0.25) is 4.68 Å². The summed E-state index contributed by atoms with van der Waals surface area (Å²) >= 11 is 11.2. The zero-order valence-electron chi connectivity index (χ0n) is 11.6. The number of para-hydroxylation sites is 1. The van der Waals surface area contributed by atoms with Gasteiger partial charge in [-0.25, -0.2) is 4.98 Å². The number of aryl methyl sites for hydroxylation is 1. The van der Waals surface area contributed by atoms with Crippen LogP contribution in [0.1, 0.15) is 11.4 Å². The molecular weight excluding hydrogens is 313 g/mol. The molecular formula is C15H9ClN3NaS. The number of fused-ring (bicyclic) bond motifs is 1. The van der Waals surface area contributed by atoms with Crippen molar-refractivity contribution in [2.45, 2.75) is 4.90 Å². The van der Waals surface area contributed by atoms with Crippen molar-refractivity contribution in [1.29, 1.82) is 0 Å². The minimum Gasteiger partial charge on any atom is -0.778 e. The van der Waals surface area contributed by atoms with Crippen LogP contribution in [0.25, 0.3) is 10.9 Å². The van der Waals surface area contributed by atoms with Crippen LogP contribution < -0.4 is 29.6 Å². The fraction of sp³-hybridized carbons (Fsp3) is 0.0667. The van der Waals surface area contributed by atoms with Gasteiger partial charge in [0.05, 0.1) is 10.5 Å². The number of hydrogen-bond acceptors (Lipinski definition) is 3. The number of benzene rings is 1. The van der Waals surface area contributed by atoms with Gasteiger partial charge in [0.25, 0.3) is 0 Å². The van der Waals surface area contributed by atoms with Crippen molar-refractivity contribution in [3.05, 3.63) is 52.9 Å². The zero-order valence-corrected chi connectivity index (χ0v) is 15.2. The molecule has 0 aliphatic carbocycles. The van der Waals surface area contributed by atoms with E-state index in [1.54, 1.807) is 16.9 Å². The molecule has 0 unspecified atom stereocenters. The van der Waals surface area contributed by atoms with Crippen LogP contribution in [0.3, 0.4) is 0 Å². The number of aromatic nitrogens is 3. The second-order valence-electron chi connectivity index (χ2n) is 4.21. The molecule has 0 aliphatic heterocycles. The van der Waals surface area contributed by atoms with Crippen LogP contribution in [0.4, 0.5) is 0 Å². The quantitative estimate of drug-likeness (QED) is 0.330. The topological polar surface area (TPSA) is 30.7 Å². The zero-order chi connectivity index (χ0) is 14.1. The molecule has 98 valence electrons. The van der Waals surface area contributed by atoms with E-state index in [4.69, 9.17) is 24.2 Å². The largest absolute Gasteiger partial charge is 1.00 e. The van der Waals surface area contributed by atoms with Crippen molar-refractivity contribution in [3.8, 4) is 11.8 Å². The van der Waals surface area contributed by atoms with Crippen LogP contribution in [0.2, 0.25) is 5.02 Å². The van der Waals surface area contributed by atoms with E-state index in [2.05, 4.69) is 21.9 Å². The monoisotopic (exact) mass is 321 g/mol. The molecule has 0 spiro atoms. The van der Waals surface area contributed by atoms with Gasteiger partial charge in [-0.05, 0) is 24.0 Å². The second kappa shape index (κ2) is 6.78. The van der Waals surface area contributed by atoms with Gasteiger partial charge in [-0.1, -0.05) is 29.8 Å². The fourth-order valence-corrected chi connectivity index (χ4v) is 2.25. The van der Waals surface area contributed by atoms with Gasteiger partial charge in [0.2, 0.25) is 0 Å². The maximum absolute atomic E-state index is 6.09. The maximum Gasteiger partial charge on any atom is 1.00 e. The summed E-state index contributed by atoms with van der Waals surface area (Å²) in [7, 11) is 1.89. The maximum atomic E-state index is 6.09. The first-order valence-corrected chi connectivity index (χ1v) is 6.70. The van der Waals surface area contributed by atoms with Crippen molar-refractivity contribution in [1.82, 2.24) is 14.8 Å². The first-order chi connectivity index (χ1) is 9.66. The van der Waals surface area contributed by atoms with Gasteiger partial charge in [0.15, 0.2) is 0 Å². The first kappa shape index (κ1) is 16.3. The molecule has 2 heterocycles. The summed E-state index contributed by atoms with van der Waals surface area (Å²) in [5, 5.41) is 5.82. The Balaban J connectivity index is 0.00000161. The molecule has 0 amide bonds. The Morgan fingerprint density at radius 2 is 1.86 bits per heavy atom. The molecule has 0 atom stereocenters. The molecule has 0 aliphatic rings.